The van der Waals surface area contributed by atoms with Crippen LogP contribution in [0.3, 0.4) is 0 Å². The van der Waals surface area contributed by atoms with Crippen LogP contribution in [-0.4, -0.2) is 36.9 Å². The van der Waals surface area contributed by atoms with Crippen LogP contribution < -0.4 is 0 Å². The third-order valence-electron chi connectivity index (χ3n) is 1.30. The molecule has 0 aromatic rings. The summed E-state index contributed by atoms with van der Waals surface area (Å²) in [5.41, 5.74) is 0. The van der Waals surface area contributed by atoms with Crippen molar-refractivity contribution in [2.75, 3.05) is 19.8 Å². The van der Waals surface area contributed by atoms with Gasteiger partial charge in [0.2, 0.25) is 0 Å². The molecule has 0 spiro atoms. The lowest BCUT2D eigenvalue weighted by Gasteiger charge is -2.02. The van der Waals surface area contributed by atoms with Gasteiger partial charge in [0.05, 0.1) is 19.6 Å². The first-order valence-electron chi connectivity index (χ1n) is 4.25. The first-order valence-corrected chi connectivity index (χ1v) is 4.25. The molecule has 14 heavy (non-hydrogen) atoms. The van der Waals surface area contributed by atoms with Crippen molar-refractivity contribution >= 4 is 11.9 Å². The van der Waals surface area contributed by atoms with Gasteiger partial charge < -0.3 is 14.6 Å². The zero-order valence-corrected chi connectivity index (χ0v) is 7.90. The van der Waals surface area contributed by atoms with Crippen LogP contribution in [0.5, 0.6) is 0 Å². The third kappa shape index (κ3) is 8.73. The van der Waals surface area contributed by atoms with Gasteiger partial charge >= 0.3 is 11.9 Å². The van der Waals surface area contributed by atoms with Gasteiger partial charge in [-0.2, -0.15) is 0 Å². The Morgan fingerprint density at radius 1 is 1.29 bits per heavy atom. The molecule has 5 nitrogen and oxygen atoms in total. The average molecular weight is 202 g/mol. The van der Waals surface area contributed by atoms with E-state index in [1.54, 1.807) is 0 Å². The van der Waals surface area contributed by atoms with Crippen molar-refractivity contribution in [3.05, 3.63) is 12.7 Å². The molecule has 0 saturated heterocycles. The highest BCUT2D eigenvalue weighted by molar-refractivity contribution is 5.81. The van der Waals surface area contributed by atoms with Crippen molar-refractivity contribution < 1.29 is 24.2 Å². The summed E-state index contributed by atoms with van der Waals surface area (Å²) in [5.74, 6) is -1.35. The summed E-state index contributed by atoms with van der Waals surface area (Å²) in [4.78, 5) is 20.6. The Bertz CT molecular complexity index is 199. The lowest BCUT2D eigenvalue weighted by atomic mass is 10.4. The van der Waals surface area contributed by atoms with Crippen LogP contribution in [0.1, 0.15) is 12.8 Å². The molecule has 0 amide bonds. The summed E-state index contributed by atoms with van der Waals surface area (Å²) in [6, 6.07) is 0. The standard InChI is InChI=1S/C9H14O5/c1-2-9(12)14-6-3-5-13-7-4-8(10)11/h2H,1,3-7H2,(H,10,11). The molecule has 0 rings (SSSR count). The quantitative estimate of drug-likeness (QED) is 0.354. The van der Waals surface area contributed by atoms with Crippen LogP contribution in [0, 0.1) is 0 Å². The number of hydrogen-bond donors (Lipinski definition) is 1. The molecular formula is C9H14O5. The van der Waals surface area contributed by atoms with Crippen molar-refractivity contribution in [2.24, 2.45) is 0 Å². The van der Waals surface area contributed by atoms with Gasteiger partial charge in [-0.15, -0.1) is 0 Å². The monoisotopic (exact) mass is 202 g/mol. The predicted molar refractivity (Wildman–Crippen MR) is 48.8 cm³/mol. The number of carboxylic acids is 1. The van der Waals surface area contributed by atoms with Crippen LogP contribution in [-0.2, 0) is 19.1 Å². The fraction of sp³-hybridized carbons (Fsp3) is 0.556. The van der Waals surface area contributed by atoms with Gasteiger partial charge in [0, 0.05) is 19.1 Å². The molecule has 0 radical (unpaired) electrons. The average Bonchev–Trinajstić information content (AvgIpc) is 2.15. The molecule has 0 aliphatic rings. The summed E-state index contributed by atoms with van der Waals surface area (Å²) < 4.78 is 9.63. The molecule has 1 N–H and O–H groups in total. The van der Waals surface area contributed by atoms with Gasteiger partial charge in [-0.3, -0.25) is 4.79 Å². The van der Waals surface area contributed by atoms with Gasteiger partial charge in [-0.05, 0) is 0 Å². The summed E-state index contributed by atoms with van der Waals surface area (Å²) in [7, 11) is 0. The molecule has 0 heterocycles. The van der Waals surface area contributed by atoms with Crippen molar-refractivity contribution in [2.45, 2.75) is 12.8 Å². The lowest BCUT2D eigenvalue weighted by Crippen LogP contribution is -2.07. The Kier molecular flexibility index (Phi) is 7.45. The van der Waals surface area contributed by atoms with Crippen LogP contribution in [0.15, 0.2) is 12.7 Å². The second-order valence-electron chi connectivity index (χ2n) is 2.48. The van der Waals surface area contributed by atoms with Crippen molar-refractivity contribution in [1.82, 2.24) is 0 Å². The normalized spacial score (nSPS) is 9.43. The predicted octanol–water partition coefficient (Wildman–Crippen LogP) is 0.597. The topological polar surface area (TPSA) is 72.8 Å². The number of rotatable bonds is 8. The number of ether oxygens (including phenoxy) is 2. The molecule has 0 bridgehead atoms. The Balaban J connectivity index is 3.10. The second kappa shape index (κ2) is 8.25. The molecule has 0 fully saturated rings. The summed E-state index contributed by atoms with van der Waals surface area (Å²) >= 11 is 0. The minimum atomic E-state index is -0.886. The fourth-order valence-electron chi connectivity index (χ4n) is 0.654. The number of carbonyl (C=O) groups is 2. The summed E-state index contributed by atoms with van der Waals surface area (Å²) in [6.45, 7) is 4.07. The molecule has 80 valence electrons. The fourth-order valence-corrected chi connectivity index (χ4v) is 0.654. The highest BCUT2D eigenvalue weighted by Gasteiger charge is 1.97. The largest absolute Gasteiger partial charge is 0.481 e. The molecule has 5 heteroatoms. The molecular weight excluding hydrogens is 188 g/mol. The van der Waals surface area contributed by atoms with Crippen molar-refractivity contribution in [3.8, 4) is 0 Å². The molecule has 0 aliphatic carbocycles. The third-order valence-corrected chi connectivity index (χ3v) is 1.30. The van der Waals surface area contributed by atoms with Crippen LogP contribution in [0.25, 0.3) is 0 Å². The molecule has 0 atom stereocenters. The SMILES string of the molecule is C=CC(=O)OCCCOCCC(=O)O. The molecule has 0 aromatic carbocycles. The van der Waals surface area contributed by atoms with Crippen LogP contribution >= 0.6 is 0 Å². The van der Waals surface area contributed by atoms with Gasteiger partial charge in [-0.25, -0.2) is 4.79 Å². The first-order chi connectivity index (χ1) is 6.66. The highest BCUT2D eigenvalue weighted by atomic mass is 16.5. The Morgan fingerprint density at radius 2 is 2.00 bits per heavy atom. The zero-order chi connectivity index (χ0) is 10.8. The molecule has 0 aromatic heterocycles. The van der Waals surface area contributed by atoms with Gasteiger partial charge in [0.25, 0.3) is 0 Å². The first kappa shape index (κ1) is 12.6. The van der Waals surface area contributed by atoms with Gasteiger partial charge in [0.1, 0.15) is 0 Å². The number of carbonyl (C=O) groups excluding carboxylic acids is 1. The minimum absolute atomic E-state index is 0.00749. The molecule has 0 aliphatic heterocycles. The number of esters is 1. The number of carboxylic acid groups (broad SMARTS) is 1. The maximum atomic E-state index is 10.5. The number of aliphatic carboxylic acids is 1. The van der Waals surface area contributed by atoms with Crippen molar-refractivity contribution in [3.63, 3.8) is 0 Å². The highest BCUT2D eigenvalue weighted by Crippen LogP contribution is 1.88. The van der Waals surface area contributed by atoms with E-state index in [9.17, 15) is 9.59 Å². The molecule has 0 saturated carbocycles. The van der Waals surface area contributed by atoms with E-state index < -0.39 is 11.9 Å². The smallest absolute Gasteiger partial charge is 0.330 e. The van der Waals surface area contributed by atoms with E-state index in [1.807, 2.05) is 0 Å². The minimum Gasteiger partial charge on any atom is -0.481 e. The van der Waals surface area contributed by atoms with Gasteiger partial charge in [0.15, 0.2) is 0 Å². The van der Waals surface area contributed by atoms with Crippen molar-refractivity contribution in [1.29, 1.82) is 0 Å². The Labute approximate surface area is 82.3 Å². The Hall–Kier alpha value is -1.36. The van der Waals surface area contributed by atoms with E-state index in [-0.39, 0.29) is 19.6 Å². The van der Waals surface area contributed by atoms with Gasteiger partial charge in [-0.1, -0.05) is 6.58 Å². The second-order valence-corrected chi connectivity index (χ2v) is 2.48. The Morgan fingerprint density at radius 3 is 2.57 bits per heavy atom. The van der Waals surface area contributed by atoms with E-state index >= 15 is 0 Å². The van der Waals surface area contributed by atoms with Crippen LogP contribution in [0.2, 0.25) is 0 Å². The van der Waals surface area contributed by atoms with E-state index in [1.165, 1.54) is 0 Å². The lowest BCUT2D eigenvalue weighted by molar-refractivity contribution is -0.138. The summed E-state index contributed by atoms with van der Waals surface area (Å²) in [5, 5.41) is 8.26. The van der Waals surface area contributed by atoms with E-state index in [4.69, 9.17) is 9.84 Å². The maximum absolute atomic E-state index is 10.5. The molecule has 0 unspecified atom stereocenters. The van der Waals surface area contributed by atoms with E-state index in [2.05, 4.69) is 11.3 Å². The summed E-state index contributed by atoms with van der Waals surface area (Å²) in [6.07, 6.45) is 1.64. The van der Waals surface area contributed by atoms with Crippen LogP contribution in [0.4, 0.5) is 0 Å². The van der Waals surface area contributed by atoms with E-state index in [0.29, 0.717) is 13.0 Å². The van der Waals surface area contributed by atoms with E-state index in [0.717, 1.165) is 6.08 Å². The zero-order valence-electron chi connectivity index (χ0n) is 7.90. The number of hydrogen-bond acceptors (Lipinski definition) is 4. The maximum Gasteiger partial charge on any atom is 0.330 e.